The molecule has 0 aliphatic rings. The van der Waals surface area contributed by atoms with Crippen LogP contribution in [0.4, 0.5) is 0 Å². The SMILES string of the molecule is c1ccc(-c2cc(-c3ccccc3)cc(-n3c4ccccc4c4ccc5c6ccccc6oc5c43)c2)cc1. The summed E-state index contributed by atoms with van der Waals surface area (Å²) >= 11 is 0. The first-order valence-electron chi connectivity index (χ1n) is 12.9. The zero-order chi connectivity index (χ0) is 25.1. The first-order chi connectivity index (χ1) is 18.8. The predicted octanol–water partition coefficient (Wildman–Crippen LogP) is 10.0. The van der Waals surface area contributed by atoms with Crippen molar-refractivity contribution < 1.29 is 4.42 Å². The molecule has 0 atom stereocenters. The summed E-state index contributed by atoms with van der Waals surface area (Å²) < 4.78 is 8.95. The largest absolute Gasteiger partial charge is 0.454 e. The lowest BCUT2D eigenvalue weighted by Crippen LogP contribution is -1.96. The van der Waals surface area contributed by atoms with Crippen molar-refractivity contribution in [3.63, 3.8) is 0 Å². The summed E-state index contributed by atoms with van der Waals surface area (Å²) in [5.74, 6) is 0. The van der Waals surface area contributed by atoms with E-state index >= 15 is 0 Å². The van der Waals surface area contributed by atoms with Crippen LogP contribution in [-0.2, 0) is 0 Å². The minimum atomic E-state index is 0.912. The van der Waals surface area contributed by atoms with Crippen molar-refractivity contribution in [1.82, 2.24) is 4.57 Å². The minimum Gasteiger partial charge on any atom is -0.454 e. The van der Waals surface area contributed by atoms with Crippen molar-refractivity contribution in [2.45, 2.75) is 0 Å². The third kappa shape index (κ3) is 3.14. The molecule has 0 amide bonds. The van der Waals surface area contributed by atoms with Crippen molar-refractivity contribution in [1.29, 1.82) is 0 Å². The zero-order valence-electron chi connectivity index (χ0n) is 20.6. The van der Waals surface area contributed by atoms with Crippen molar-refractivity contribution in [3.05, 3.63) is 140 Å². The molecule has 0 unspecified atom stereocenters. The van der Waals surface area contributed by atoms with Crippen LogP contribution >= 0.6 is 0 Å². The summed E-state index contributed by atoms with van der Waals surface area (Å²) in [5.41, 5.74) is 9.98. The van der Waals surface area contributed by atoms with Gasteiger partial charge in [0.1, 0.15) is 5.58 Å². The van der Waals surface area contributed by atoms with Gasteiger partial charge in [-0.2, -0.15) is 0 Å². The first kappa shape index (κ1) is 21.0. The van der Waals surface area contributed by atoms with Gasteiger partial charge in [-0.1, -0.05) is 103 Å². The molecular weight excluding hydrogens is 462 g/mol. The van der Waals surface area contributed by atoms with E-state index in [1.54, 1.807) is 0 Å². The van der Waals surface area contributed by atoms with Crippen LogP contribution in [0, 0.1) is 0 Å². The second-order valence-corrected chi connectivity index (χ2v) is 9.79. The number of hydrogen-bond donors (Lipinski definition) is 0. The lowest BCUT2D eigenvalue weighted by Gasteiger charge is -2.14. The van der Waals surface area contributed by atoms with Gasteiger partial charge in [0.15, 0.2) is 5.58 Å². The van der Waals surface area contributed by atoms with Crippen molar-refractivity contribution in [2.24, 2.45) is 0 Å². The van der Waals surface area contributed by atoms with E-state index < -0.39 is 0 Å². The van der Waals surface area contributed by atoms with E-state index in [1.807, 2.05) is 6.07 Å². The van der Waals surface area contributed by atoms with Gasteiger partial charge in [0.25, 0.3) is 0 Å². The van der Waals surface area contributed by atoms with E-state index in [2.05, 4.69) is 138 Å². The highest BCUT2D eigenvalue weighted by Crippen LogP contribution is 2.41. The standard InChI is InChI=1S/C36H23NO/c1-3-11-24(12-4-1)26-21-27(25-13-5-2-6-14-25)23-28(22-26)37-33-17-9-7-15-29(33)31-19-20-32-30-16-8-10-18-34(30)38-36(32)35(31)37/h1-23H. The van der Waals surface area contributed by atoms with Crippen molar-refractivity contribution in [3.8, 4) is 27.9 Å². The second kappa shape index (κ2) is 8.22. The molecule has 0 N–H and O–H groups in total. The molecule has 0 fully saturated rings. The fraction of sp³-hybridized carbons (Fsp3) is 0. The maximum atomic E-state index is 6.57. The number of furan rings is 1. The number of aromatic nitrogens is 1. The van der Waals surface area contributed by atoms with Crippen LogP contribution in [0.1, 0.15) is 0 Å². The Hall–Kier alpha value is -5.08. The van der Waals surface area contributed by atoms with Gasteiger partial charge in [-0.05, 0) is 58.7 Å². The van der Waals surface area contributed by atoms with Crippen LogP contribution in [-0.4, -0.2) is 4.57 Å². The molecule has 6 aromatic carbocycles. The summed E-state index contributed by atoms with van der Waals surface area (Å²) in [5, 5.41) is 4.69. The van der Waals surface area contributed by atoms with Crippen LogP contribution < -0.4 is 0 Å². The van der Waals surface area contributed by atoms with Crippen LogP contribution in [0.15, 0.2) is 144 Å². The summed E-state index contributed by atoms with van der Waals surface area (Å²) in [6.07, 6.45) is 0. The molecule has 0 spiro atoms. The maximum absolute atomic E-state index is 6.57. The monoisotopic (exact) mass is 485 g/mol. The van der Waals surface area contributed by atoms with Gasteiger partial charge < -0.3 is 8.98 Å². The fourth-order valence-electron chi connectivity index (χ4n) is 5.83. The Bertz CT molecular complexity index is 2060. The number of nitrogens with zero attached hydrogens (tertiary/aromatic N) is 1. The quantitative estimate of drug-likeness (QED) is 0.243. The molecule has 0 bridgehead atoms. The van der Waals surface area contributed by atoms with Gasteiger partial charge in [-0.3, -0.25) is 0 Å². The molecule has 178 valence electrons. The van der Waals surface area contributed by atoms with Gasteiger partial charge in [0.2, 0.25) is 0 Å². The van der Waals surface area contributed by atoms with Crippen LogP contribution in [0.2, 0.25) is 0 Å². The Morgan fingerprint density at radius 1 is 0.421 bits per heavy atom. The number of rotatable bonds is 3. The molecule has 0 saturated carbocycles. The third-order valence-corrected chi connectivity index (χ3v) is 7.57. The second-order valence-electron chi connectivity index (χ2n) is 9.79. The van der Waals surface area contributed by atoms with Gasteiger partial charge in [-0.25, -0.2) is 0 Å². The highest BCUT2D eigenvalue weighted by Gasteiger charge is 2.19. The predicted molar refractivity (Wildman–Crippen MR) is 159 cm³/mol. The summed E-state index contributed by atoms with van der Waals surface area (Å²) in [6, 6.07) is 49.5. The summed E-state index contributed by atoms with van der Waals surface area (Å²) in [7, 11) is 0. The van der Waals surface area contributed by atoms with Crippen molar-refractivity contribution >= 4 is 43.7 Å². The Morgan fingerprint density at radius 2 is 1.00 bits per heavy atom. The summed E-state index contributed by atoms with van der Waals surface area (Å²) in [6.45, 7) is 0. The van der Waals surface area contributed by atoms with Gasteiger partial charge >= 0.3 is 0 Å². The number of hydrogen-bond acceptors (Lipinski definition) is 1. The molecule has 0 aliphatic heterocycles. The molecule has 2 nitrogen and oxygen atoms in total. The van der Waals surface area contributed by atoms with E-state index in [4.69, 9.17) is 4.42 Å². The molecule has 8 rings (SSSR count). The molecule has 8 aromatic rings. The van der Waals surface area contributed by atoms with E-state index in [0.29, 0.717) is 0 Å². The topological polar surface area (TPSA) is 18.1 Å². The molecule has 0 radical (unpaired) electrons. The Balaban J connectivity index is 1.53. The molecule has 0 aliphatic carbocycles. The van der Waals surface area contributed by atoms with Crippen molar-refractivity contribution in [2.75, 3.05) is 0 Å². The van der Waals surface area contributed by atoms with E-state index in [0.717, 1.165) is 33.1 Å². The lowest BCUT2D eigenvalue weighted by atomic mass is 9.98. The molecule has 0 saturated heterocycles. The highest BCUT2D eigenvalue weighted by atomic mass is 16.3. The Morgan fingerprint density at radius 3 is 1.71 bits per heavy atom. The molecule has 38 heavy (non-hydrogen) atoms. The van der Waals surface area contributed by atoms with Gasteiger partial charge in [0, 0.05) is 27.2 Å². The van der Waals surface area contributed by atoms with E-state index in [9.17, 15) is 0 Å². The number of para-hydroxylation sites is 2. The molecule has 2 heteroatoms. The Kier molecular flexibility index (Phi) is 4.55. The lowest BCUT2D eigenvalue weighted by molar-refractivity contribution is 0.671. The maximum Gasteiger partial charge on any atom is 0.160 e. The Labute approximate surface area is 220 Å². The van der Waals surface area contributed by atoms with Gasteiger partial charge in [0.05, 0.1) is 11.0 Å². The molecule has 2 heterocycles. The van der Waals surface area contributed by atoms with E-state index in [1.165, 1.54) is 38.5 Å². The summed E-state index contributed by atoms with van der Waals surface area (Å²) in [4.78, 5) is 0. The third-order valence-electron chi connectivity index (χ3n) is 7.57. The first-order valence-corrected chi connectivity index (χ1v) is 12.9. The highest BCUT2D eigenvalue weighted by molar-refractivity contribution is 6.21. The number of benzene rings is 6. The molecule has 2 aromatic heterocycles. The average molecular weight is 486 g/mol. The zero-order valence-corrected chi connectivity index (χ0v) is 20.6. The molecular formula is C36H23NO. The number of fused-ring (bicyclic) bond motifs is 7. The minimum absolute atomic E-state index is 0.912. The van der Waals surface area contributed by atoms with Crippen LogP contribution in [0.3, 0.4) is 0 Å². The average Bonchev–Trinajstić information content (AvgIpc) is 3.54. The van der Waals surface area contributed by atoms with Gasteiger partial charge in [-0.15, -0.1) is 0 Å². The van der Waals surface area contributed by atoms with E-state index in [-0.39, 0.29) is 0 Å². The van der Waals surface area contributed by atoms with Crippen LogP contribution in [0.5, 0.6) is 0 Å². The van der Waals surface area contributed by atoms with Crippen LogP contribution in [0.25, 0.3) is 71.7 Å². The normalized spacial score (nSPS) is 11.7. The fourth-order valence-corrected chi connectivity index (χ4v) is 5.83. The smallest absolute Gasteiger partial charge is 0.160 e.